The lowest BCUT2D eigenvalue weighted by molar-refractivity contribution is 0.570. The van der Waals surface area contributed by atoms with Crippen molar-refractivity contribution in [1.82, 2.24) is 5.32 Å². The van der Waals surface area contributed by atoms with Crippen LogP contribution in [-0.4, -0.2) is 13.1 Å². The Kier molecular flexibility index (Phi) is 4.01. The van der Waals surface area contributed by atoms with E-state index in [1.807, 2.05) is 12.1 Å². The number of likely N-dealkylation sites (N-methyl/N-ethyl adjacent to an activating group) is 1. The summed E-state index contributed by atoms with van der Waals surface area (Å²) in [6, 6.07) is 4.18. The lowest BCUT2D eigenvalue weighted by Gasteiger charge is -2.12. The van der Waals surface area contributed by atoms with E-state index in [-0.39, 0.29) is 6.04 Å². The van der Waals surface area contributed by atoms with Gasteiger partial charge in [-0.1, -0.05) is 18.5 Å². The number of hydrogen-bond donors (Lipinski definition) is 2. The van der Waals surface area contributed by atoms with Crippen molar-refractivity contribution in [2.45, 2.75) is 13.0 Å². The van der Waals surface area contributed by atoms with Crippen molar-refractivity contribution < 1.29 is 0 Å². The zero-order valence-electron chi connectivity index (χ0n) is 7.01. The van der Waals surface area contributed by atoms with Gasteiger partial charge in [-0.15, -0.1) is 11.3 Å². The molecule has 0 spiro atoms. The monoisotopic (exact) mass is 204 g/mol. The van der Waals surface area contributed by atoms with E-state index in [4.69, 9.17) is 17.3 Å². The van der Waals surface area contributed by atoms with Crippen LogP contribution in [0.4, 0.5) is 0 Å². The minimum Gasteiger partial charge on any atom is -0.329 e. The molecule has 3 N–H and O–H groups in total. The van der Waals surface area contributed by atoms with Crippen molar-refractivity contribution in [1.29, 1.82) is 0 Å². The third-order valence-corrected chi connectivity index (χ3v) is 2.97. The fourth-order valence-electron chi connectivity index (χ4n) is 1.06. The largest absolute Gasteiger partial charge is 0.329 e. The molecule has 2 nitrogen and oxygen atoms in total. The van der Waals surface area contributed by atoms with E-state index in [0.717, 1.165) is 10.9 Å². The Labute approximate surface area is 81.7 Å². The van der Waals surface area contributed by atoms with E-state index in [0.29, 0.717) is 6.54 Å². The summed E-state index contributed by atoms with van der Waals surface area (Å²) in [6.07, 6.45) is 0. The van der Waals surface area contributed by atoms with Gasteiger partial charge in [0, 0.05) is 11.4 Å². The van der Waals surface area contributed by atoms with Crippen LogP contribution < -0.4 is 11.1 Å². The molecule has 0 saturated carbocycles. The molecule has 0 aliphatic rings. The maximum absolute atomic E-state index is 5.81. The molecule has 0 saturated heterocycles. The Morgan fingerprint density at radius 1 is 1.67 bits per heavy atom. The van der Waals surface area contributed by atoms with Gasteiger partial charge in [0.15, 0.2) is 0 Å². The molecule has 0 fully saturated rings. The van der Waals surface area contributed by atoms with Gasteiger partial charge in [0.1, 0.15) is 0 Å². The molecule has 1 aromatic heterocycles. The third-order valence-electron chi connectivity index (χ3n) is 1.62. The van der Waals surface area contributed by atoms with E-state index < -0.39 is 0 Å². The molecular formula is C8H13ClN2S. The minimum atomic E-state index is 0.257. The van der Waals surface area contributed by atoms with Crippen LogP contribution >= 0.6 is 22.9 Å². The van der Waals surface area contributed by atoms with Gasteiger partial charge in [-0.3, -0.25) is 0 Å². The van der Waals surface area contributed by atoms with Crippen molar-refractivity contribution in [3.05, 3.63) is 21.3 Å². The van der Waals surface area contributed by atoms with Crippen molar-refractivity contribution in [3.63, 3.8) is 0 Å². The highest BCUT2D eigenvalue weighted by Crippen LogP contribution is 2.26. The predicted molar refractivity (Wildman–Crippen MR) is 54.8 cm³/mol. The lowest BCUT2D eigenvalue weighted by Crippen LogP contribution is -2.27. The summed E-state index contributed by atoms with van der Waals surface area (Å²) in [6.45, 7) is 3.61. The fraction of sp³-hybridized carbons (Fsp3) is 0.500. The number of nitrogens with one attached hydrogen (secondary N) is 1. The molecule has 0 bridgehead atoms. The van der Waals surface area contributed by atoms with Gasteiger partial charge in [0.25, 0.3) is 0 Å². The summed E-state index contributed by atoms with van der Waals surface area (Å²) in [5.74, 6) is 0. The third kappa shape index (κ3) is 2.45. The first-order valence-corrected chi connectivity index (χ1v) is 5.16. The van der Waals surface area contributed by atoms with E-state index in [1.54, 1.807) is 11.3 Å². The summed E-state index contributed by atoms with van der Waals surface area (Å²) in [5, 5.41) is 3.29. The van der Waals surface area contributed by atoms with Crippen LogP contribution in [0.1, 0.15) is 17.8 Å². The molecule has 0 aliphatic carbocycles. The van der Waals surface area contributed by atoms with E-state index in [2.05, 4.69) is 12.2 Å². The Morgan fingerprint density at radius 3 is 2.83 bits per heavy atom. The van der Waals surface area contributed by atoms with Crippen molar-refractivity contribution >= 4 is 22.9 Å². The average Bonchev–Trinajstić information content (AvgIpc) is 2.47. The fourth-order valence-corrected chi connectivity index (χ4v) is 2.21. The first kappa shape index (κ1) is 9.99. The van der Waals surface area contributed by atoms with Crippen LogP contribution in [-0.2, 0) is 0 Å². The number of thiophene rings is 1. The number of halogens is 1. The number of hydrogen-bond acceptors (Lipinski definition) is 3. The smallest absolute Gasteiger partial charge is 0.0931 e. The SMILES string of the molecule is CCNC(CN)c1ccc(Cl)s1. The summed E-state index contributed by atoms with van der Waals surface area (Å²) in [5.41, 5.74) is 5.60. The second kappa shape index (κ2) is 4.82. The number of rotatable bonds is 4. The van der Waals surface area contributed by atoms with Crippen LogP contribution in [0.5, 0.6) is 0 Å². The van der Waals surface area contributed by atoms with Crippen LogP contribution in [0.15, 0.2) is 12.1 Å². The van der Waals surface area contributed by atoms with E-state index >= 15 is 0 Å². The van der Waals surface area contributed by atoms with Gasteiger partial charge in [-0.25, -0.2) is 0 Å². The highest BCUT2D eigenvalue weighted by molar-refractivity contribution is 7.16. The first-order chi connectivity index (χ1) is 5.77. The molecule has 1 heterocycles. The molecular weight excluding hydrogens is 192 g/mol. The number of nitrogens with two attached hydrogens (primary N) is 1. The molecule has 1 rings (SSSR count). The van der Waals surface area contributed by atoms with Crippen LogP contribution in [0, 0.1) is 0 Å². The van der Waals surface area contributed by atoms with Gasteiger partial charge >= 0.3 is 0 Å². The Bertz CT molecular complexity index is 237. The topological polar surface area (TPSA) is 38.0 Å². The Morgan fingerprint density at radius 2 is 2.42 bits per heavy atom. The molecule has 0 aliphatic heterocycles. The van der Waals surface area contributed by atoms with Gasteiger partial charge in [0.2, 0.25) is 0 Å². The molecule has 0 radical (unpaired) electrons. The summed E-state index contributed by atoms with van der Waals surface area (Å²) >= 11 is 7.39. The predicted octanol–water partition coefficient (Wildman–Crippen LogP) is 2.01. The van der Waals surface area contributed by atoms with Gasteiger partial charge in [-0.2, -0.15) is 0 Å². The lowest BCUT2D eigenvalue weighted by atomic mass is 10.2. The van der Waals surface area contributed by atoms with Crippen LogP contribution in [0.25, 0.3) is 0 Å². The standard InChI is InChI=1S/C8H13ClN2S/c1-2-11-6(5-10)7-3-4-8(9)12-7/h3-4,6,11H,2,5,10H2,1H3. The van der Waals surface area contributed by atoms with E-state index in [1.165, 1.54) is 4.88 Å². The van der Waals surface area contributed by atoms with Gasteiger partial charge < -0.3 is 11.1 Å². The molecule has 68 valence electrons. The molecule has 12 heavy (non-hydrogen) atoms. The molecule has 1 atom stereocenters. The zero-order chi connectivity index (χ0) is 8.97. The quantitative estimate of drug-likeness (QED) is 0.788. The molecule has 0 amide bonds. The molecule has 0 aromatic carbocycles. The van der Waals surface area contributed by atoms with Crippen LogP contribution in [0.3, 0.4) is 0 Å². The van der Waals surface area contributed by atoms with Crippen molar-refractivity contribution in [2.24, 2.45) is 5.73 Å². The second-order valence-corrected chi connectivity index (χ2v) is 4.23. The Hall–Kier alpha value is -0.0900. The summed E-state index contributed by atoms with van der Waals surface area (Å²) in [4.78, 5) is 1.21. The Balaban J connectivity index is 2.66. The highest BCUT2D eigenvalue weighted by Gasteiger charge is 2.09. The minimum absolute atomic E-state index is 0.257. The van der Waals surface area contributed by atoms with Gasteiger partial charge in [0.05, 0.1) is 10.4 Å². The molecule has 4 heteroatoms. The summed E-state index contributed by atoms with van der Waals surface area (Å²) in [7, 11) is 0. The first-order valence-electron chi connectivity index (χ1n) is 3.96. The summed E-state index contributed by atoms with van der Waals surface area (Å²) < 4.78 is 0.821. The van der Waals surface area contributed by atoms with E-state index in [9.17, 15) is 0 Å². The van der Waals surface area contributed by atoms with Crippen molar-refractivity contribution in [3.8, 4) is 0 Å². The maximum atomic E-state index is 5.81. The molecule has 1 unspecified atom stereocenters. The van der Waals surface area contributed by atoms with Crippen molar-refractivity contribution in [2.75, 3.05) is 13.1 Å². The average molecular weight is 205 g/mol. The van der Waals surface area contributed by atoms with Gasteiger partial charge in [-0.05, 0) is 18.7 Å². The maximum Gasteiger partial charge on any atom is 0.0931 e. The normalized spacial score (nSPS) is 13.2. The highest BCUT2D eigenvalue weighted by atomic mass is 35.5. The second-order valence-electron chi connectivity index (χ2n) is 2.49. The molecule has 1 aromatic rings. The zero-order valence-corrected chi connectivity index (χ0v) is 8.58. The van der Waals surface area contributed by atoms with Crippen LogP contribution in [0.2, 0.25) is 4.34 Å².